The molecule has 16 heavy (non-hydrogen) atoms. The van der Waals surface area contributed by atoms with Crippen molar-refractivity contribution in [1.82, 2.24) is 9.97 Å². The van der Waals surface area contributed by atoms with Gasteiger partial charge in [-0.15, -0.1) is 0 Å². The van der Waals surface area contributed by atoms with Crippen LogP contribution in [0.2, 0.25) is 5.28 Å². The second-order valence-corrected chi connectivity index (χ2v) is 4.33. The van der Waals surface area contributed by atoms with Gasteiger partial charge in [0.15, 0.2) is 0 Å². The van der Waals surface area contributed by atoms with Crippen molar-refractivity contribution in [3.8, 4) is 5.88 Å². The van der Waals surface area contributed by atoms with Crippen molar-refractivity contribution >= 4 is 27.5 Å². The van der Waals surface area contributed by atoms with Gasteiger partial charge in [-0.2, -0.15) is 4.98 Å². The first kappa shape index (κ1) is 11.4. The summed E-state index contributed by atoms with van der Waals surface area (Å²) in [6.07, 6.45) is 1.56. The molecule has 2 rings (SSSR count). The van der Waals surface area contributed by atoms with Crippen LogP contribution in [0.5, 0.6) is 5.88 Å². The Labute approximate surface area is 107 Å². The zero-order valence-electron chi connectivity index (χ0n) is 8.23. The van der Waals surface area contributed by atoms with Gasteiger partial charge in [0.2, 0.25) is 11.2 Å². The minimum atomic E-state index is 0.188. The first-order valence-electron chi connectivity index (χ1n) is 4.60. The van der Waals surface area contributed by atoms with Gasteiger partial charge in [-0.1, -0.05) is 28.1 Å². The van der Waals surface area contributed by atoms with Gasteiger partial charge in [0, 0.05) is 16.7 Å². The molecular weight excluding hydrogens is 291 g/mol. The Morgan fingerprint density at radius 1 is 1.19 bits per heavy atom. The summed E-state index contributed by atoms with van der Waals surface area (Å²) in [5.74, 6) is 0.475. The molecule has 5 heteroatoms. The highest BCUT2D eigenvalue weighted by molar-refractivity contribution is 9.10. The van der Waals surface area contributed by atoms with E-state index in [4.69, 9.17) is 16.3 Å². The van der Waals surface area contributed by atoms with Gasteiger partial charge in [0.1, 0.15) is 6.61 Å². The number of hydrogen-bond donors (Lipinski definition) is 0. The molecule has 0 radical (unpaired) electrons. The predicted molar refractivity (Wildman–Crippen MR) is 65.5 cm³/mol. The fourth-order valence-corrected chi connectivity index (χ4v) is 1.54. The van der Waals surface area contributed by atoms with Crippen LogP contribution >= 0.6 is 27.5 Å². The molecule has 3 nitrogen and oxygen atoms in total. The van der Waals surface area contributed by atoms with E-state index >= 15 is 0 Å². The van der Waals surface area contributed by atoms with Crippen LogP contribution in [-0.2, 0) is 6.61 Å². The van der Waals surface area contributed by atoms with Gasteiger partial charge in [-0.25, -0.2) is 4.98 Å². The standard InChI is InChI=1S/C11H8BrClN2O/c12-9-3-1-8(2-4-9)7-16-10-5-6-14-11(13)15-10/h1-6H,7H2. The quantitative estimate of drug-likeness (QED) is 0.814. The zero-order chi connectivity index (χ0) is 11.4. The molecule has 0 atom stereocenters. The van der Waals surface area contributed by atoms with E-state index in [-0.39, 0.29) is 5.28 Å². The number of nitrogens with zero attached hydrogens (tertiary/aromatic N) is 2. The minimum absolute atomic E-state index is 0.188. The molecule has 0 N–H and O–H groups in total. The lowest BCUT2D eigenvalue weighted by molar-refractivity contribution is 0.293. The molecule has 0 amide bonds. The van der Waals surface area contributed by atoms with Crippen molar-refractivity contribution in [2.75, 3.05) is 0 Å². The van der Waals surface area contributed by atoms with Crippen molar-refractivity contribution in [1.29, 1.82) is 0 Å². The normalized spacial score (nSPS) is 10.1. The maximum Gasteiger partial charge on any atom is 0.225 e. The molecule has 0 fully saturated rings. The zero-order valence-corrected chi connectivity index (χ0v) is 10.6. The molecule has 1 aromatic carbocycles. The summed E-state index contributed by atoms with van der Waals surface area (Å²) in [6.45, 7) is 0.459. The lowest BCUT2D eigenvalue weighted by atomic mass is 10.2. The summed E-state index contributed by atoms with van der Waals surface area (Å²) in [5.41, 5.74) is 1.07. The summed E-state index contributed by atoms with van der Waals surface area (Å²) in [6, 6.07) is 9.56. The van der Waals surface area contributed by atoms with Crippen LogP contribution in [0.1, 0.15) is 5.56 Å². The van der Waals surface area contributed by atoms with E-state index in [2.05, 4.69) is 25.9 Å². The van der Waals surface area contributed by atoms with Gasteiger partial charge < -0.3 is 4.74 Å². The second kappa shape index (κ2) is 5.27. The Balaban J connectivity index is 1.99. The van der Waals surface area contributed by atoms with Crippen LogP contribution in [-0.4, -0.2) is 9.97 Å². The van der Waals surface area contributed by atoms with Crippen molar-refractivity contribution in [3.05, 3.63) is 51.8 Å². The highest BCUT2D eigenvalue weighted by atomic mass is 79.9. The number of benzene rings is 1. The van der Waals surface area contributed by atoms with E-state index in [0.717, 1.165) is 10.0 Å². The highest BCUT2D eigenvalue weighted by Crippen LogP contribution is 2.13. The average molecular weight is 300 g/mol. The Bertz CT molecular complexity index is 476. The summed E-state index contributed by atoms with van der Waals surface area (Å²) in [7, 11) is 0. The van der Waals surface area contributed by atoms with Crippen LogP contribution in [0.3, 0.4) is 0 Å². The number of aromatic nitrogens is 2. The SMILES string of the molecule is Clc1nccc(OCc2ccc(Br)cc2)n1. The first-order valence-corrected chi connectivity index (χ1v) is 5.77. The maximum absolute atomic E-state index is 5.64. The number of ether oxygens (including phenoxy) is 1. The largest absolute Gasteiger partial charge is 0.473 e. The fourth-order valence-electron chi connectivity index (χ4n) is 1.14. The molecule has 1 heterocycles. The second-order valence-electron chi connectivity index (χ2n) is 3.08. The maximum atomic E-state index is 5.64. The Morgan fingerprint density at radius 2 is 1.94 bits per heavy atom. The van der Waals surface area contributed by atoms with Crippen LogP contribution in [0.4, 0.5) is 0 Å². The Morgan fingerprint density at radius 3 is 2.62 bits per heavy atom. The van der Waals surface area contributed by atoms with Crippen molar-refractivity contribution in [2.24, 2.45) is 0 Å². The van der Waals surface area contributed by atoms with E-state index in [9.17, 15) is 0 Å². The summed E-state index contributed by atoms with van der Waals surface area (Å²) >= 11 is 9.01. The predicted octanol–water partition coefficient (Wildman–Crippen LogP) is 3.47. The lowest BCUT2D eigenvalue weighted by Gasteiger charge is -2.04. The molecule has 0 aliphatic rings. The van der Waals surface area contributed by atoms with E-state index in [1.54, 1.807) is 12.3 Å². The number of hydrogen-bond acceptors (Lipinski definition) is 3. The third-order valence-electron chi connectivity index (χ3n) is 1.90. The topological polar surface area (TPSA) is 35.0 Å². The smallest absolute Gasteiger partial charge is 0.225 e. The van der Waals surface area contributed by atoms with E-state index < -0.39 is 0 Å². The first-order chi connectivity index (χ1) is 7.74. The van der Waals surface area contributed by atoms with Gasteiger partial charge in [0.25, 0.3) is 0 Å². The number of halogens is 2. The molecule has 2 aromatic rings. The molecule has 0 bridgehead atoms. The molecule has 1 aromatic heterocycles. The van der Waals surface area contributed by atoms with Gasteiger partial charge in [-0.05, 0) is 29.3 Å². The van der Waals surface area contributed by atoms with Crippen LogP contribution in [0, 0.1) is 0 Å². The molecular formula is C11H8BrClN2O. The van der Waals surface area contributed by atoms with Gasteiger partial charge in [0.05, 0.1) is 0 Å². The molecule has 0 aliphatic carbocycles. The summed E-state index contributed by atoms with van der Waals surface area (Å²) in [5, 5.41) is 0.188. The van der Waals surface area contributed by atoms with Crippen LogP contribution in [0.25, 0.3) is 0 Å². The monoisotopic (exact) mass is 298 g/mol. The van der Waals surface area contributed by atoms with Crippen molar-refractivity contribution in [2.45, 2.75) is 6.61 Å². The van der Waals surface area contributed by atoms with E-state index in [0.29, 0.717) is 12.5 Å². The molecule has 0 aliphatic heterocycles. The third kappa shape index (κ3) is 3.18. The summed E-state index contributed by atoms with van der Waals surface area (Å²) in [4.78, 5) is 7.70. The number of rotatable bonds is 3. The minimum Gasteiger partial charge on any atom is -0.473 e. The summed E-state index contributed by atoms with van der Waals surface area (Å²) < 4.78 is 6.50. The fraction of sp³-hybridized carbons (Fsp3) is 0.0909. The Hall–Kier alpha value is -1.13. The van der Waals surface area contributed by atoms with Gasteiger partial charge >= 0.3 is 0 Å². The molecule has 0 unspecified atom stereocenters. The molecule has 82 valence electrons. The van der Waals surface area contributed by atoms with Crippen LogP contribution in [0.15, 0.2) is 41.0 Å². The molecule has 0 saturated carbocycles. The Kier molecular flexibility index (Phi) is 3.74. The van der Waals surface area contributed by atoms with Crippen molar-refractivity contribution in [3.63, 3.8) is 0 Å². The van der Waals surface area contributed by atoms with Crippen molar-refractivity contribution < 1.29 is 4.74 Å². The molecule has 0 saturated heterocycles. The van der Waals surface area contributed by atoms with E-state index in [1.165, 1.54) is 0 Å². The average Bonchev–Trinajstić information content (AvgIpc) is 2.28. The van der Waals surface area contributed by atoms with Crippen LogP contribution < -0.4 is 4.74 Å². The third-order valence-corrected chi connectivity index (χ3v) is 2.61. The lowest BCUT2D eigenvalue weighted by Crippen LogP contribution is -1.97. The van der Waals surface area contributed by atoms with E-state index in [1.807, 2.05) is 24.3 Å². The molecule has 0 spiro atoms. The van der Waals surface area contributed by atoms with Gasteiger partial charge in [-0.3, -0.25) is 0 Å². The highest BCUT2D eigenvalue weighted by Gasteiger charge is 1.98.